The van der Waals surface area contributed by atoms with Gasteiger partial charge in [0.1, 0.15) is 0 Å². The molecular formula is C14H19N5O. The first-order valence-electron chi connectivity index (χ1n) is 6.86. The molecule has 3 heterocycles. The van der Waals surface area contributed by atoms with Crippen molar-refractivity contribution in [1.82, 2.24) is 14.9 Å². The molecule has 0 saturated carbocycles. The number of nitrogens with zero attached hydrogens (tertiary/aromatic N) is 4. The van der Waals surface area contributed by atoms with E-state index in [9.17, 15) is 0 Å². The minimum Gasteiger partial charge on any atom is -0.472 e. The van der Waals surface area contributed by atoms with Crippen molar-refractivity contribution in [3.63, 3.8) is 0 Å². The summed E-state index contributed by atoms with van der Waals surface area (Å²) >= 11 is 0. The van der Waals surface area contributed by atoms with E-state index in [-0.39, 0.29) is 6.04 Å². The summed E-state index contributed by atoms with van der Waals surface area (Å²) < 4.78 is 5.17. The van der Waals surface area contributed by atoms with Crippen LogP contribution in [0.1, 0.15) is 11.6 Å². The molecule has 20 heavy (non-hydrogen) atoms. The fourth-order valence-electron chi connectivity index (χ4n) is 2.65. The highest BCUT2D eigenvalue weighted by Gasteiger charge is 2.25. The molecule has 0 radical (unpaired) electrons. The maximum Gasteiger partial charge on any atom is 0.225 e. The highest BCUT2D eigenvalue weighted by Crippen LogP contribution is 2.22. The number of anilines is 1. The Hall–Kier alpha value is -1.92. The first-order chi connectivity index (χ1) is 9.88. The molecule has 106 valence electrons. The van der Waals surface area contributed by atoms with Gasteiger partial charge in [0.25, 0.3) is 0 Å². The number of nitrogens with two attached hydrogens (primary N) is 1. The van der Waals surface area contributed by atoms with Gasteiger partial charge in [0.15, 0.2) is 0 Å². The van der Waals surface area contributed by atoms with Gasteiger partial charge in [0, 0.05) is 50.7 Å². The lowest BCUT2D eigenvalue weighted by molar-refractivity contribution is 0.189. The van der Waals surface area contributed by atoms with Crippen molar-refractivity contribution >= 4 is 5.95 Å². The topological polar surface area (TPSA) is 71.4 Å². The second-order valence-corrected chi connectivity index (χ2v) is 4.88. The van der Waals surface area contributed by atoms with Gasteiger partial charge >= 0.3 is 0 Å². The first kappa shape index (κ1) is 13.1. The van der Waals surface area contributed by atoms with E-state index in [1.165, 1.54) is 0 Å². The van der Waals surface area contributed by atoms with E-state index < -0.39 is 0 Å². The van der Waals surface area contributed by atoms with Crippen LogP contribution in [0.3, 0.4) is 0 Å². The van der Waals surface area contributed by atoms with E-state index in [0.29, 0.717) is 6.54 Å². The van der Waals surface area contributed by atoms with Crippen molar-refractivity contribution in [1.29, 1.82) is 0 Å². The Morgan fingerprint density at radius 1 is 1.20 bits per heavy atom. The lowest BCUT2D eigenvalue weighted by Crippen LogP contribution is -2.49. The van der Waals surface area contributed by atoms with Crippen LogP contribution in [0.2, 0.25) is 0 Å². The molecule has 0 aromatic carbocycles. The number of hydrogen-bond donors (Lipinski definition) is 1. The van der Waals surface area contributed by atoms with E-state index >= 15 is 0 Å². The van der Waals surface area contributed by atoms with Crippen molar-refractivity contribution in [2.45, 2.75) is 6.04 Å². The van der Waals surface area contributed by atoms with Crippen LogP contribution >= 0.6 is 0 Å². The molecule has 0 amide bonds. The van der Waals surface area contributed by atoms with E-state index in [2.05, 4.69) is 19.8 Å². The van der Waals surface area contributed by atoms with Gasteiger partial charge in [-0.05, 0) is 12.1 Å². The summed E-state index contributed by atoms with van der Waals surface area (Å²) in [5.74, 6) is 0.805. The molecule has 0 aliphatic carbocycles. The van der Waals surface area contributed by atoms with E-state index in [4.69, 9.17) is 10.2 Å². The third-order valence-corrected chi connectivity index (χ3v) is 3.74. The second-order valence-electron chi connectivity index (χ2n) is 4.88. The maximum absolute atomic E-state index is 5.92. The van der Waals surface area contributed by atoms with Gasteiger partial charge in [-0.3, -0.25) is 4.90 Å². The Labute approximate surface area is 118 Å². The zero-order chi connectivity index (χ0) is 13.8. The Bertz CT molecular complexity index is 508. The Morgan fingerprint density at radius 3 is 2.55 bits per heavy atom. The summed E-state index contributed by atoms with van der Waals surface area (Å²) in [6.07, 6.45) is 7.04. The highest BCUT2D eigenvalue weighted by atomic mass is 16.3. The van der Waals surface area contributed by atoms with Crippen LogP contribution in [0.5, 0.6) is 0 Å². The SMILES string of the molecule is NCC(c1ccoc1)N1CCN(c2ncccn2)CC1. The molecule has 1 fully saturated rings. The van der Waals surface area contributed by atoms with Crippen molar-refractivity contribution in [3.05, 3.63) is 42.6 Å². The molecule has 2 N–H and O–H groups in total. The fraction of sp³-hybridized carbons (Fsp3) is 0.429. The smallest absolute Gasteiger partial charge is 0.225 e. The van der Waals surface area contributed by atoms with Crippen LogP contribution < -0.4 is 10.6 Å². The molecule has 2 aromatic heterocycles. The summed E-state index contributed by atoms with van der Waals surface area (Å²) in [6, 6.07) is 4.06. The Balaban J connectivity index is 1.63. The number of hydrogen-bond acceptors (Lipinski definition) is 6. The average molecular weight is 273 g/mol. The van der Waals surface area contributed by atoms with E-state index in [1.807, 2.05) is 12.1 Å². The lowest BCUT2D eigenvalue weighted by atomic mass is 10.1. The Morgan fingerprint density at radius 2 is 1.95 bits per heavy atom. The van der Waals surface area contributed by atoms with Crippen LogP contribution in [0.15, 0.2) is 41.5 Å². The van der Waals surface area contributed by atoms with Gasteiger partial charge in [0.2, 0.25) is 5.95 Å². The zero-order valence-corrected chi connectivity index (χ0v) is 11.4. The van der Waals surface area contributed by atoms with E-state index in [0.717, 1.165) is 37.7 Å². The molecule has 1 aliphatic heterocycles. The van der Waals surface area contributed by atoms with Gasteiger partial charge in [-0.1, -0.05) is 0 Å². The summed E-state index contributed by atoms with van der Waals surface area (Å²) in [7, 11) is 0. The van der Waals surface area contributed by atoms with Gasteiger partial charge < -0.3 is 15.1 Å². The summed E-state index contributed by atoms with van der Waals surface area (Å²) in [6.45, 7) is 4.33. The van der Waals surface area contributed by atoms with Gasteiger partial charge in [0.05, 0.1) is 18.6 Å². The van der Waals surface area contributed by atoms with Crippen LogP contribution in [0.25, 0.3) is 0 Å². The molecule has 1 aliphatic rings. The normalized spacial score (nSPS) is 18.1. The monoisotopic (exact) mass is 273 g/mol. The average Bonchev–Trinajstić information content (AvgIpc) is 3.04. The molecule has 1 unspecified atom stereocenters. The fourth-order valence-corrected chi connectivity index (χ4v) is 2.65. The van der Waals surface area contributed by atoms with E-state index in [1.54, 1.807) is 24.9 Å². The largest absolute Gasteiger partial charge is 0.472 e. The summed E-state index contributed by atoms with van der Waals surface area (Å²) in [5, 5.41) is 0. The Kier molecular flexibility index (Phi) is 3.94. The summed E-state index contributed by atoms with van der Waals surface area (Å²) in [4.78, 5) is 13.2. The van der Waals surface area contributed by atoms with Crippen LogP contribution in [-0.2, 0) is 0 Å². The third-order valence-electron chi connectivity index (χ3n) is 3.74. The molecular weight excluding hydrogens is 254 g/mol. The second kappa shape index (κ2) is 6.02. The van der Waals surface area contributed by atoms with Crippen molar-refractivity contribution < 1.29 is 4.42 Å². The molecule has 0 spiro atoms. The quantitative estimate of drug-likeness (QED) is 0.892. The van der Waals surface area contributed by atoms with Crippen LogP contribution in [-0.4, -0.2) is 47.6 Å². The van der Waals surface area contributed by atoms with Crippen LogP contribution in [0.4, 0.5) is 5.95 Å². The molecule has 3 rings (SSSR count). The third kappa shape index (κ3) is 2.66. The van der Waals surface area contributed by atoms with Gasteiger partial charge in [-0.2, -0.15) is 0 Å². The van der Waals surface area contributed by atoms with Crippen molar-refractivity contribution in [2.24, 2.45) is 5.73 Å². The predicted molar refractivity (Wildman–Crippen MR) is 76.3 cm³/mol. The maximum atomic E-state index is 5.92. The summed E-state index contributed by atoms with van der Waals surface area (Å²) in [5.41, 5.74) is 7.07. The zero-order valence-electron chi connectivity index (χ0n) is 11.4. The number of rotatable bonds is 4. The van der Waals surface area contributed by atoms with Gasteiger partial charge in [-0.25, -0.2) is 9.97 Å². The first-order valence-corrected chi connectivity index (χ1v) is 6.86. The minimum atomic E-state index is 0.229. The molecule has 2 aromatic rings. The van der Waals surface area contributed by atoms with Crippen molar-refractivity contribution in [3.8, 4) is 0 Å². The number of piperazine rings is 1. The number of aromatic nitrogens is 2. The molecule has 0 bridgehead atoms. The molecule has 1 saturated heterocycles. The standard InChI is InChI=1S/C14H19N5O/c15-10-13(12-2-9-20-11-12)18-5-7-19(8-6-18)14-16-3-1-4-17-14/h1-4,9,11,13H,5-8,10,15H2. The van der Waals surface area contributed by atoms with Crippen LogP contribution in [0, 0.1) is 0 Å². The van der Waals surface area contributed by atoms with Crippen molar-refractivity contribution in [2.75, 3.05) is 37.6 Å². The predicted octanol–water partition coefficient (Wildman–Crippen LogP) is 0.892. The molecule has 6 nitrogen and oxygen atoms in total. The molecule has 1 atom stereocenters. The minimum absolute atomic E-state index is 0.229. The number of furan rings is 1. The van der Waals surface area contributed by atoms with Gasteiger partial charge in [-0.15, -0.1) is 0 Å². The highest BCUT2D eigenvalue weighted by molar-refractivity contribution is 5.29. The lowest BCUT2D eigenvalue weighted by Gasteiger charge is -2.38. The molecule has 6 heteroatoms.